The summed E-state index contributed by atoms with van der Waals surface area (Å²) in [6, 6.07) is 22.1. The van der Waals surface area contributed by atoms with Gasteiger partial charge in [0.2, 0.25) is 0 Å². The molecule has 1 aliphatic rings. The van der Waals surface area contributed by atoms with Gasteiger partial charge in [-0.1, -0.05) is 58.4 Å². The normalized spacial score (nSPS) is 12.8. The van der Waals surface area contributed by atoms with Gasteiger partial charge < -0.3 is 14.8 Å². The van der Waals surface area contributed by atoms with Crippen LogP contribution in [0.15, 0.2) is 64.6 Å². The van der Waals surface area contributed by atoms with Crippen LogP contribution in [0.25, 0.3) is 16.8 Å². The molecule has 1 aromatic heterocycles. The summed E-state index contributed by atoms with van der Waals surface area (Å²) >= 11 is 5.00. The molecule has 8 heteroatoms. The van der Waals surface area contributed by atoms with Crippen LogP contribution in [0.1, 0.15) is 46.9 Å². The molecule has 0 spiro atoms. The number of amides is 1. The number of halogens is 1. The van der Waals surface area contributed by atoms with E-state index in [1.54, 1.807) is 12.1 Å². The van der Waals surface area contributed by atoms with Crippen LogP contribution in [0.5, 0.6) is 11.5 Å². The Hall–Kier alpha value is -4.11. The predicted molar refractivity (Wildman–Crippen MR) is 161 cm³/mol. The predicted octanol–water partition coefficient (Wildman–Crippen LogP) is 7.94. The standard InChI is InChI=1S/C32H26BrN3O3S/c1-2-38-28-15-22(27(33)16-29(28)39-19-21-10-7-9-20-8-3-4-11-24(20)21)14-23(17-34)31(37)36-32-26(18-35)25-12-5-6-13-30(25)40-32/h3-4,7-11,14-16H,2,5-6,12-13,19H2,1H3,(H,36,37)/b23-14+. The summed E-state index contributed by atoms with van der Waals surface area (Å²) in [5.74, 6) is 0.496. The van der Waals surface area contributed by atoms with Gasteiger partial charge in [-0.3, -0.25) is 4.79 Å². The molecular weight excluding hydrogens is 586 g/mol. The van der Waals surface area contributed by atoms with E-state index in [4.69, 9.17) is 9.47 Å². The molecule has 1 heterocycles. The van der Waals surface area contributed by atoms with Crippen molar-refractivity contribution in [1.82, 2.24) is 0 Å². The first kappa shape index (κ1) is 27.5. The van der Waals surface area contributed by atoms with E-state index in [1.165, 1.54) is 17.4 Å². The number of nitrogens with one attached hydrogen (secondary N) is 1. The van der Waals surface area contributed by atoms with Crippen molar-refractivity contribution in [3.63, 3.8) is 0 Å². The fourth-order valence-electron chi connectivity index (χ4n) is 4.86. The van der Waals surface area contributed by atoms with Crippen LogP contribution in [0.2, 0.25) is 0 Å². The zero-order valence-electron chi connectivity index (χ0n) is 21.9. The van der Waals surface area contributed by atoms with Gasteiger partial charge in [-0.25, -0.2) is 0 Å². The van der Waals surface area contributed by atoms with Gasteiger partial charge in [-0.05, 0) is 78.3 Å². The number of fused-ring (bicyclic) bond motifs is 2. The Morgan fingerprint density at radius 2 is 1.85 bits per heavy atom. The molecule has 0 unspecified atom stereocenters. The largest absolute Gasteiger partial charge is 0.490 e. The maximum atomic E-state index is 13.1. The van der Waals surface area contributed by atoms with Crippen LogP contribution in [0, 0.1) is 22.7 Å². The lowest BCUT2D eigenvalue weighted by atomic mass is 9.96. The summed E-state index contributed by atoms with van der Waals surface area (Å²) in [4.78, 5) is 14.3. The molecule has 0 fully saturated rings. The third-order valence-electron chi connectivity index (χ3n) is 6.80. The molecule has 4 aromatic rings. The van der Waals surface area contributed by atoms with Gasteiger partial charge in [0.25, 0.3) is 5.91 Å². The minimum Gasteiger partial charge on any atom is -0.490 e. The van der Waals surface area contributed by atoms with Crippen molar-refractivity contribution in [3.05, 3.63) is 91.8 Å². The number of benzene rings is 3. The zero-order chi connectivity index (χ0) is 28.1. The van der Waals surface area contributed by atoms with Gasteiger partial charge in [0.15, 0.2) is 11.5 Å². The first-order chi connectivity index (χ1) is 19.5. The first-order valence-corrected chi connectivity index (χ1v) is 14.7. The van der Waals surface area contributed by atoms with Gasteiger partial charge in [0.05, 0.1) is 12.2 Å². The molecule has 6 nitrogen and oxygen atoms in total. The van der Waals surface area contributed by atoms with Gasteiger partial charge in [-0.15, -0.1) is 11.3 Å². The molecule has 0 bridgehead atoms. The number of hydrogen-bond acceptors (Lipinski definition) is 6. The van der Waals surface area contributed by atoms with Crippen molar-refractivity contribution in [2.24, 2.45) is 0 Å². The molecule has 1 aliphatic carbocycles. The van der Waals surface area contributed by atoms with Gasteiger partial charge in [0, 0.05) is 9.35 Å². The van der Waals surface area contributed by atoms with E-state index in [-0.39, 0.29) is 5.57 Å². The third kappa shape index (κ3) is 5.74. The van der Waals surface area contributed by atoms with Crippen LogP contribution in [-0.4, -0.2) is 12.5 Å². The number of nitrogens with zero attached hydrogens (tertiary/aromatic N) is 2. The van der Waals surface area contributed by atoms with Crippen LogP contribution in [-0.2, 0) is 24.2 Å². The highest BCUT2D eigenvalue weighted by Crippen LogP contribution is 2.39. The lowest BCUT2D eigenvalue weighted by Gasteiger charge is -2.15. The van der Waals surface area contributed by atoms with Crippen LogP contribution in [0.3, 0.4) is 0 Å². The molecule has 1 N–H and O–H groups in total. The fraction of sp³-hybridized carbons (Fsp3) is 0.219. The highest BCUT2D eigenvalue weighted by Gasteiger charge is 2.23. The Labute approximate surface area is 245 Å². The van der Waals surface area contributed by atoms with Gasteiger partial charge in [-0.2, -0.15) is 10.5 Å². The maximum absolute atomic E-state index is 13.1. The Bertz CT molecular complexity index is 1710. The summed E-state index contributed by atoms with van der Waals surface area (Å²) in [7, 11) is 0. The smallest absolute Gasteiger partial charge is 0.266 e. The number of carbonyl (C=O) groups excluding carboxylic acids is 1. The Morgan fingerprint density at radius 3 is 2.65 bits per heavy atom. The van der Waals surface area contributed by atoms with Crippen LogP contribution < -0.4 is 14.8 Å². The SMILES string of the molecule is CCOc1cc(/C=C(\C#N)C(=O)Nc2sc3c(c2C#N)CCCC3)c(Br)cc1OCc1cccc2ccccc12. The average Bonchev–Trinajstić information content (AvgIpc) is 3.33. The van der Waals surface area contributed by atoms with Crippen molar-refractivity contribution >= 4 is 55.0 Å². The molecule has 0 saturated heterocycles. The molecule has 200 valence electrons. The quantitative estimate of drug-likeness (QED) is 0.161. The molecule has 40 heavy (non-hydrogen) atoms. The van der Waals surface area contributed by atoms with E-state index in [0.717, 1.165) is 52.5 Å². The molecule has 0 saturated carbocycles. The van der Waals surface area contributed by atoms with Crippen LogP contribution >= 0.6 is 27.3 Å². The molecule has 1 amide bonds. The van der Waals surface area contributed by atoms with Gasteiger partial charge in [0.1, 0.15) is 29.3 Å². The Kier molecular flexibility index (Phi) is 8.50. The number of carbonyl (C=O) groups is 1. The van der Waals surface area contributed by atoms with E-state index in [1.807, 2.05) is 37.3 Å². The third-order valence-corrected chi connectivity index (χ3v) is 8.70. The second kappa shape index (κ2) is 12.4. The zero-order valence-corrected chi connectivity index (χ0v) is 24.3. The fourth-order valence-corrected chi connectivity index (χ4v) is 6.53. The molecule has 0 radical (unpaired) electrons. The number of aryl methyl sites for hydroxylation is 1. The number of nitriles is 2. The summed E-state index contributed by atoms with van der Waals surface area (Å²) in [6.07, 6.45) is 5.37. The van der Waals surface area contributed by atoms with E-state index < -0.39 is 5.91 Å². The minimum atomic E-state index is -0.557. The van der Waals surface area contributed by atoms with Crippen molar-refractivity contribution in [1.29, 1.82) is 10.5 Å². The summed E-state index contributed by atoms with van der Waals surface area (Å²) in [5.41, 5.74) is 3.11. The molecule has 5 rings (SSSR count). The number of anilines is 1. The van der Waals surface area contributed by atoms with E-state index in [0.29, 0.717) is 45.3 Å². The second-order valence-corrected chi connectivity index (χ2v) is 11.3. The van der Waals surface area contributed by atoms with Gasteiger partial charge >= 0.3 is 0 Å². The number of hydrogen-bond donors (Lipinski definition) is 1. The van der Waals surface area contributed by atoms with Crippen molar-refractivity contribution in [2.75, 3.05) is 11.9 Å². The molecule has 0 aliphatic heterocycles. The Morgan fingerprint density at radius 1 is 1.07 bits per heavy atom. The highest BCUT2D eigenvalue weighted by molar-refractivity contribution is 9.10. The lowest BCUT2D eigenvalue weighted by Crippen LogP contribution is -2.13. The minimum absolute atomic E-state index is 0.0807. The van der Waals surface area contributed by atoms with Crippen molar-refractivity contribution < 1.29 is 14.3 Å². The summed E-state index contributed by atoms with van der Waals surface area (Å²) < 4.78 is 12.7. The van der Waals surface area contributed by atoms with E-state index in [9.17, 15) is 15.3 Å². The maximum Gasteiger partial charge on any atom is 0.266 e. The number of thiophene rings is 1. The monoisotopic (exact) mass is 611 g/mol. The number of rotatable bonds is 8. The van der Waals surface area contributed by atoms with E-state index >= 15 is 0 Å². The molecule has 3 aromatic carbocycles. The van der Waals surface area contributed by atoms with Crippen molar-refractivity contribution in [2.45, 2.75) is 39.2 Å². The lowest BCUT2D eigenvalue weighted by molar-refractivity contribution is -0.112. The summed E-state index contributed by atoms with van der Waals surface area (Å²) in [6.45, 7) is 2.65. The van der Waals surface area contributed by atoms with E-state index in [2.05, 4.69) is 45.5 Å². The highest BCUT2D eigenvalue weighted by atomic mass is 79.9. The summed E-state index contributed by atoms with van der Waals surface area (Å²) in [5, 5.41) is 25.1. The second-order valence-electron chi connectivity index (χ2n) is 9.33. The Balaban J connectivity index is 1.40. The molecule has 0 atom stereocenters. The first-order valence-electron chi connectivity index (χ1n) is 13.1. The average molecular weight is 613 g/mol. The van der Waals surface area contributed by atoms with Crippen molar-refractivity contribution in [3.8, 4) is 23.6 Å². The van der Waals surface area contributed by atoms with Crippen LogP contribution in [0.4, 0.5) is 5.00 Å². The molecular formula is C32H26BrN3O3S. The number of ether oxygens (including phenoxy) is 2. The topological polar surface area (TPSA) is 95.1 Å².